The van der Waals surface area contributed by atoms with Gasteiger partial charge in [-0.3, -0.25) is 0 Å². The van der Waals surface area contributed by atoms with Crippen molar-refractivity contribution in [3.8, 4) is 0 Å². The van der Waals surface area contributed by atoms with Crippen LogP contribution in [0.25, 0.3) is 5.57 Å². The van der Waals surface area contributed by atoms with Gasteiger partial charge in [0.05, 0.1) is 6.61 Å². The Labute approximate surface area is 103 Å². The van der Waals surface area contributed by atoms with Gasteiger partial charge >= 0.3 is 0 Å². The van der Waals surface area contributed by atoms with E-state index in [0.29, 0.717) is 6.61 Å². The Balaban J connectivity index is 2.24. The van der Waals surface area contributed by atoms with Crippen molar-refractivity contribution in [1.82, 2.24) is 0 Å². The summed E-state index contributed by atoms with van der Waals surface area (Å²) >= 11 is 0. The summed E-state index contributed by atoms with van der Waals surface area (Å²) in [6, 6.07) is 8.63. The number of hydrogen-bond donors (Lipinski definition) is 0. The average molecular weight is 226 g/mol. The lowest BCUT2D eigenvalue weighted by atomic mass is 10.0. The number of aryl methyl sites for hydroxylation is 1. The first kappa shape index (κ1) is 11.9. The van der Waals surface area contributed by atoms with Crippen LogP contribution in [0.5, 0.6) is 0 Å². The molecule has 0 aliphatic heterocycles. The summed E-state index contributed by atoms with van der Waals surface area (Å²) in [5.74, 6) is 0. The Morgan fingerprint density at radius 1 is 1.12 bits per heavy atom. The fourth-order valence-electron chi connectivity index (χ4n) is 1.90. The molecule has 0 unspecified atom stereocenters. The maximum absolute atomic E-state index is 5.16. The van der Waals surface area contributed by atoms with Crippen LogP contribution in [-0.4, -0.2) is 13.7 Å². The summed E-state index contributed by atoms with van der Waals surface area (Å²) < 4.78 is 5.16. The average Bonchev–Trinajstić information content (AvgIpc) is 2.56. The normalized spacial score (nSPS) is 15.2. The van der Waals surface area contributed by atoms with Crippen molar-refractivity contribution in [1.29, 1.82) is 0 Å². The van der Waals surface area contributed by atoms with E-state index in [9.17, 15) is 0 Å². The molecular formula is C16H18O. The monoisotopic (exact) mass is 226 g/mol. The zero-order valence-electron chi connectivity index (χ0n) is 10.4. The number of benzene rings is 1. The van der Waals surface area contributed by atoms with E-state index in [2.05, 4.69) is 55.5 Å². The Kier molecular flexibility index (Phi) is 3.94. The number of hydrogen-bond acceptors (Lipinski definition) is 1. The highest BCUT2D eigenvalue weighted by molar-refractivity contribution is 5.76. The van der Waals surface area contributed by atoms with Crippen LogP contribution in [0, 0.1) is 6.92 Å². The molecule has 1 heteroatoms. The molecule has 88 valence electrons. The molecule has 0 saturated heterocycles. The minimum absolute atomic E-state index is 0.710. The van der Waals surface area contributed by atoms with Gasteiger partial charge in [0.2, 0.25) is 0 Å². The van der Waals surface area contributed by atoms with Crippen molar-refractivity contribution in [2.75, 3.05) is 13.7 Å². The maximum Gasteiger partial charge on any atom is 0.0679 e. The zero-order chi connectivity index (χ0) is 12.1. The third-order valence-electron chi connectivity index (χ3n) is 2.89. The van der Waals surface area contributed by atoms with Crippen LogP contribution in [0.3, 0.4) is 0 Å². The molecule has 17 heavy (non-hydrogen) atoms. The van der Waals surface area contributed by atoms with Crippen LogP contribution in [0.4, 0.5) is 0 Å². The van der Waals surface area contributed by atoms with Gasteiger partial charge in [0.15, 0.2) is 0 Å². The van der Waals surface area contributed by atoms with Crippen LogP contribution in [0.15, 0.2) is 54.1 Å². The van der Waals surface area contributed by atoms with Crippen LogP contribution in [0.1, 0.15) is 17.5 Å². The molecule has 0 spiro atoms. The van der Waals surface area contributed by atoms with Gasteiger partial charge in [-0.1, -0.05) is 54.1 Å². The summed E-state index contributed by atoms with van der Waals surface area (Å²) in [5.41, 5.74) is 5.13. The first-order valence-electron chi connectivity index (χ1n) is 5.92. The smallest absolute Gasteiger partial charge is 0.0679 e. The topological polar surface area (TPSA) is 9.23 Å². The zero-order valence-corrected chi connectivity index (χ0v) is 10.4. The van der Waals surface area contributed by atoms with E-state index in [0.717, 1.165) is 6.42 Å². The van der Waals surface area contributed by atoms with Gasteiger partial charge < -0.3 is 4.74 Å². The second-order valence-corrected chi connectivity index (χ2v) is 4.35. The Morgan fingerprint density at radius 2 is 1.88 bits per heavy atom. The standard InChI is InChI=1S/C16H18O/c1-13-6-9-16(10-7-13)15-5-3-4-14(8-11-15)12-17-2/h3,5-11H,4,12H2,1-2H3. The van der Waals surface area contributed by atoms with E-state index in [4.69, 9.17) is 4.74 Å². The molecule has 1 aliphatic rings. The van der Waals surface area contributed by atoms with E-state index in [1.807, 2.05) is 0 Å². The van der Waals surface area contributed by atoms with Crippen LogP contribution >= 0.6 is 0 Å². The second-order valence-electron chi connectivity index (χ2n) is 4.35. The van der Waals surface area contributed by atoms with Crippen molar-refractivity contribution in [2.45, 2.75) is 13.3 Å². The van der Waals surface area contributed by atoms with E-state index in [-0.39, 0.29) is 0 Å². The van der Waals surface area contributed by atoms with E-state index in [1.54, 1.807) is 7.11 Å². The Morgan fingerprint density at radius 3 is 2.59 bits per heavy atom. The van der Waals surface area contributed by atoms with Crippen molar-refractivity contribution < 1.29 is 4.74 Å². The molecular weight excluding hydrogens is 208 g/mol. The van der Waals surface area contributed by atoms with Crippen molar-refractivity contribution in [3.63, 3.8) is 0 Å². The highest BCUT2D eigenvalue weighted by Gasteiger charge is 2.01. The molecule has 0 heterocycles. The molecule has 1 nitrogen and oxygen atoms in total. The van der Waals surface area contributed by atoms with E-state index >= 15 is 0 Å². The molecule has 1 aromatic rings. The largest absolute Gasteiger partial charge is 0.380 e. The molecule has 0 amide bonds. The summed E-state index contributed by atoms with van der Waals surface area (Å²) in [7, 11) is 1.74. The van der Waals surface area contributed by atoms with Gasteiger partial charge in [-0.05, 0) is 30.1 Å². The lowest BCUT2D eigenvalue weighted by Crippen LogP contribution is -1.91. The predicted octanol–water partition coefficient (Wildman–Crippen LogP) is 3.91. The molecule has 0 aromatic heterocycles. The third kappa shape index (κ3) is 3.18. The van der Waals surface area contributed by atoms with Crippen molar-refractivity contribution in [2.24, 2.45) is 0 Å². The molecule has 1 aromatic carbocycles. The summed E-state index contributed by atoms with van der Waals surface area (Å²) in [4.78, 5) is 0. The summed E-state index contributed by atoms with van der Waals surface area (Å²) in [6.07, 6.45) is 9.69. The molecule has 0 saturated carbocycles. The fraction of sp³-hybridized carbons (Fsp3) is 0.250. The van der Waals surface area contributed by atoms with Crippen molar-refractivity contribution >= 4 is 5.57 Å². The fourth-order valence-corrected chi connectivity index (χ4v) is 1.90. The Hall–Kier alpha value is -1.60. The summed E-state index contributed by atoms with van der Waals surface area (Å²) in [6.45, 7) is 2.82. The van der Waals surface area contributed by atoms with E-state index < -0.39 is 0 Å². The van der Waals surface area contributed by atoms with Crippen LogP contribution < -0.4 is 0 Å². The highest BCUT2D eigenvalue weighted by atomic mass is 16.5. The Bertz CT molecular complexity index is 461. The van der Waals surface area contributed by atoms with Gasteiger partial charge in [0.1, 0.15) is 0 Å². The molecule has 1 aliphatic carbocycles. The van der Waals surface area contributed by atoms with Crippen LogP contribution in [-0.2, 0) is 4.74 Å². The lowest BCUT2D eigenvalue weighted by Gasteiger charge is -2.01. The first-order chi connectivity index (χ1) is 8.29. The predicted molar refractivity (Wildman–Crippen MR) is 72.9 cm³/mol. The highest BCUT2D eigenvalue weighted by Crippen LogP contribution is 2.21. The second kappa shape index (κ2) is 5.65. The molecule has 0 fully saturated rings. The molecule has 0 atom stereocenters. The summed E-state index contributed by atoms with van der Waals surface area (Å²) in [5, 5.41) is 0. The molecule has 2 rings (SSSR count). The number of ether oxygens (including phenoxy) is 1. The number of rotatable bonds is 3. The third-order valence-corrected chi connectivity index (χ3v) is 2.89. The van der Waals surface area contributed by atoms with Crippen molar-refractivity contribution in [3.05, 3.63) is 65.3 Å². The van der Waals surface area contributed by atoms with Gasteiger partial charge in [-0.2, -0.15) is 0 Å². The number of allylic oxidation sites excluding steroid dienone is 5. The first-order valence-corrected chi connectivity index (χ1v) is 5.92. The molecule has 0 radical (unpaired) electrons. The maximum atomic E-state index is 5.16. The quantitative estimate of drug-likeness (QED) is 0.759. The van der Waals surface area contributed by atoms with Gasteiger partial charge in [-0.15, -0.1) is 0 Å². The SMILES string of the molecule is COCC1=CC=C(c2ccc(C)cc2)C=CC1. The van der Waals surface area contributed by atoms with Gasteiger partial charge in [0.25, 0.3) is 0 Å². The lowest BCUT2D eigenvalue weighted by molar-refractivity contribution is 0.224. The molecule has 0 bridgehead atoms. The van der Waals surface area contributed by atoms with Gasteiger partial charge in [0, 0.05) is 7.11 Å². The number of methoxy groups -OCH3 is 1. The minimum atomic E-state index is 0.710. The van der Waals surface area contributed by atoms with Crippen LogP contribution in [0.2, 0.25) is 0 Å². The molecule has 0 N–H and O–H groups in total. The minimum Gasteiger partial charge on any atom is -0.380 e. The van der Waals surface area contributed by atoms with E-state index in [1.165, 1.54) is 22.3 Å². The van der Waals surface area contributed by atoms with Gasteiger partial charge in [-0.25, -0.2) is 0 Å².